The van der Waals surface area contributed by atoms with E-state index >= 15 is 0 Å². The number of aliphatic hydroxyl groups is 2. The molecule has 0 radical (unpaired) electrons. The molecule has 0 aromatic carbocycles. The molecule has 5 heteroatoms. The molecule has 68 valence electrons. The van der Waals surface area contributed by atoms with Crippen LogP contribution in [0.2, 0.25) is 0 Å². The molecule has 0 amide bonds. The van der Waals surface area contributed by atoms with Crippen molar-refractivity contribution in [1.82, 2.24) is 5.32 Å². The van der Waals surface area contributed by atoms with Crippen LogP contribution in [0.4, 0.5) is 0 Å². The van der Waals surface area contributed by atoms with E-state index in [0.717, 1.165) is 0 Å². The lowest BCUT2D eigenvalue weighted by atomic mass is 10.3. The van der Waals surface area contributed by atoms with E-state index in [1.54, 1.807) is 0 Å². The van der Waals surface area contributed by atoms with Gasteiger partial charge in [0.15, 0.2) is 0 Å². The fourth-order valence-electron chi connectivity index (χ4n) is 0.583. The zero-order valence-corrected chi connectivity index (χ0v) is 6.53. The van der Waals surface area contributed by atoms with Crippen LogP contribution in [0.3, 0.4) is 0 Å². The summed E-state index contributed by atoms with van der Waals surface area (Å²) in [6, 6.07) is -0.498. The van der Waals surface area contributed by atoms with E-state index in [1.807, 2.05) is 0 Å². The molecule has 0 aliphatic rings. The Kier molecular flexibility index (Phi) is 6.39. The molecule has 2 atom stereocenters. The number of nitrogens with one attached hydrogen (secondary N) is 1. The van der Waals surface area contributed by atoms with Crippen molar-refractivity contribution in [3.05, 3.63) is 0 Å². The molecule has 0 aromatic rings. The van der Waals surface area contributed by atoms with Gasteiger partial charge in [-0.3, -0.25) is 0 Å². The zero-order chi connectivity index (χ0) is 8.69. The van der Waals surface area contributed by atoms with Gasteiger partial charge in [0.05, 0.1) is 13.2 Å². The van der Waals surface area contributed by atoms with E-state index in [0.29, 0.717) is 13.1 Å². The zero-order valence-electron chi connectivity index (χ0n) is 6.53. The summed E-state index contributed by atoms with van der Waals surface area (Å²) in [4.78, 5) is 0. The Balaban J connectivity index is 3.13. The predicted octanol–water partition coefficient (Wildman–Crippen LogP) is -2.78. The molecule has 7 N–H and O–H groups in total. The summed E-state index contributed by atoms with van der Waals surface area (Å²) in [6.07, 6.45) is 0. The molecule has 0 heterocycles. The average molecular weight is 163 g/mol. The van der Waals surface area contributed by atoms with Gasteiger partial charge in [-0.2, -0.15) is 0 Å². The molecule has 0 aromatic heterocycles. The summed E-state index contributed by atoms with van der Waals surface area (Å²) in [5.74, 6) is 0. The van der Waals surface area contributed by atoms with Crippen LogP contribution in [0.5, 0.6) is 0 Å². The Morgan fingerprint density at radius 2 is 1.36 bits per heavy atom. The monoisotopic (exact) mass is 163 g/mol. The number of rotatable bonds is 6. The largest absolute Gasteiger partial charge is 0.395 e. The van der Waals surface area contributed by atoms with Crippen molar-refractivity contribution in [3.8, 4) is 0 Å². The van der Waals surface area contributed by atoms with E-state index in [1.165, 1.54) is 0 Å². The highest BCUT2D eigenvalue weighted by atomic mass is 16.3. The summed E-state index contributed by atoms with van der Waals surface area (Å²) < 4.78 is 0. The van der Waals surface area contributed by atoms with Crippen molar-refractivity contribution in [1.29, 1.82) is 0 Å². The first-order chi connectivity index (χ1) is 5.20. The minimum Gasteiger partial charge on any atom is -0.395 e. The van der Waals surface area contributed by atoms with E-state index in [-0.39, 0.29) is 25.3 Å². The van der Waals surface area contributed by atoms with Gasteiger partial charge in [0.1, 0.15) is 0 Å². The van der Waals surface area contributed by atoms with Crippen LogP contribution in [0.1, 0.15) is 0 Å². The summed E-state index contributed by atoms with van der Waals surface area (Å²) in [5.41, 5.74) is 10.8. The molecule has 0 bridgehead atoms. The second-order valence-electron chi connectivity index (χ2n) is 2.54. The van der Waals surface area contributed by atoms with E-state index in [4.69, 9.17) is 21.7 Å². The van der Waals surface area contributed by atoms with Crippen molar-refractivity contribution < 1.29 is 10.2 Å². The molecule has 0 aliphatic heterocycles. The highest BCUT2D eigenvalue weighted by Gasteiger charge is 2.01. The average Bonchev–Trinajstić information content (AvgIpc) is 2.04. The third-order valence-corrected chi connectivity index (χ3v) is 1.28. The standard InChI is InChI=1S/C6H17N3O2/c7-5(3-10)1-9-2-6(8)4-11/h5-6,9-11H,1-4,7-8H2. The third-order valence-electron chi connectivity index (χ3n) is 1.28. The van der Waals surface area contributed by atoms with E-state index < -0.39 is 0 Å². The Hall–Kier alpha value is -0.200. The van der Waals surface area contributed by atoms with Gasteiger partial charge in [0.25, 0.3) is 0 Å². The van der Waals surface area contributed by atoms with Crippen LogP contribution in [0, 0.1) is 0 Å². The van der Waals surface area contributed by atoms with Crippen LogP contribution in [0.25, 0.3) is 0 Å². The fourth-order valence-corrected chi connectivity index (χ4v) is 0.583. The molecule has 0 rings (SSSR count). The Bertz CT molecular complexity index is 81.9. The normalized spacial score (nSPS) is 16.4. The second kappa shape index (κ2) is 6.51. The highest BCUT2D eigenvalue weighted by Crippen LogP contribution is 1.74. The number of hydrogen-bond donors (Lipinski definition) is 5. The van der Waals surface area contributed by atoms with Crippen molar-refractivity contribution >= 4 is 0 Å². The van der Waals surface area contributed by atoms with E-state index in [9.17, 15) is 0 Å². The van der Waals surface area contributed by atoms with Gasteiger partial charge in [-0.05, 0) is 0 Å². The minimum absolute atomic E-state index is 0.0403. The quantitative estimate of drug-likeness (QED) is 0.291. The van der Waals surface area contributed by atoms with Gasteiger partial charge in [0.2, 0.25) is 0 Å². The molecule has 0 saturated heterocycles. The molecule has 0 aliphatic carbocycles. The first kappa shape index (κ1) is 10.8. The Morgan fingerprint density at radius 1 is 1.00 bits per heavy atom. The first-order valence-corrected chi connectivity index (χ1v) is 3.64. The first-order valence-electron chi connectivity index (χ1n) is 3.64. The maximum Gasteiger partial charge on any atom is 0.0594 e. The van der Waals surface area contributed by atoms with Crippen LogP contribution in [-0.2, 0) is 0 Å². The summed E-state index contributed by atoms with van der Waals surface area (Å²) in [7, 11) is 0. The second-order valence-corrected chi connectivity index (χ2v) is 2.54. The highest BCUT2D eigenvalue weighted by molar-refractivity contribution is 4.67. The Labute approximate surface area is 66.4 Å². The molecule has 0 saturated carbocycles. The van der Waals surface area contributed by atoms with Crippen LogP contribution < -0.4 is 16.8 Å². The lowest BCUT2D eigenvalue weighted by molar-refractivity contribution is 0.249. The number of hydrogen-bond acceptors (Lipinski definition) is 5. The molecular formula is C6H17N3O2. The summed E-state index contributed by atoms with van der Waals surface area (Å²) in [5, 5.41) is 19.9. The van der Waals surface area contributed by atoms with Gasteiger partial charge in [-0.25, -0.2) is 0 Å². The lowest BCUT2D eigenvalue weighted by Crippen LogP contribution is -2.43. The Morgan fingerprint density at radius 3 is 1.64 bits per heavy atom. The van der Waals surface area contributed by atoms with Gasteiger partial charge >= 0.3 is 0 Å². The fraction of sp³-hybridized carbons (Fsp3) is 1.00. The van der Waals surface area contributed by atoms with Gasteiger partial charge in [-0.15, -0.1) is 0 Å². The van der Waals surface area contributed by atoms with Gasteiger partial charge in [0, 0.05) is 25.2 Å². The molecule has 0 spiro atoms. The minimum atomic E-state index is -0.249. The van der Waals surface area contributed by atoms with E-state index in [2.05, 4.69) is 5.32 Å². The topological polar surface area (TPSA) is 105 Å². The third kappa shape index (κ3) is 6.21. The summed E-state index contributed by atoms with van der Waals surface area (Å²) in [6.45, 7) is 0.955. The van der Waals surface area contributed by atoms with Gasteiger partial charge in [-0.1, -0.05) is 0 Å². The van der Waals surface area contributed by atoms with Crippen LogP contribution >= 0.6 is 0 Å². The SMILES string of the molecule is NC(CO)CNCC(N)CO. The van der Waals surface area contributed by atoms with Crippen molar-refractivity contribution in [2.75, 3.05) is 26.3 Å². The van der Waals surface area contributed by atoms with Crippen LogP contribution in [-0.4, -0.2) is 48.6 Å². The molecule has 0 fully saturated rings. The molecular weight excluding hydrogens is 146 g/mol. The van der Waals surface area contributed by atoms with Crippen LogP contribution in [0.15, 0.2) is 0 Å². The number of nitrogens with two attached hydrogens (primary N) is 2. The van der Waals surface area contributed by atoms with Gasteiger partial charge < -0.3 is 27.0 Å². The lowest BCUT2D eigenvalue weighted by Gasteiger charge is -2.12. The molecule has 5 nitrogen and oxygen atoms in total. The maximum absolute atomic E-state index is 8.51. The van der Waals surface area contributed by atoms with Crippen molar-refractivity contribution in [2.24, 2.45) is 11.5 Å². The predicted molar refractivity (Wildman–Crippen MR) is 43.0 cm³/mol. The van der Waals surface area contributed by atoms with Crippen molar-refractivity contribution in [3.63, 3.8) is 0 Å². The molecule has 11 heavy (non-hydrogen) atoms. The summed E-state index contributed by atoms with van der Waals surface area (Å²) >= 11 is 0. The van der Waals surface area contributed by atoms with Crippen molar-refractivity contribution in [2.45, 2.75) is 12.1 Å². The smallest absolute Gasteiger partial charge is 0.0594 e. The number of aliphatic hydroxyl groups excluding tert-OH is 2. The maximum atomic E-state index is 8.51. The molecule has 2 unspecified atom stereocenters.